The van der Waals surface area contributed by atoms with Crippen molar-refractivity contribution < 1.29 is 27.2 Å². The van der Waals surface area contributed by atoms with Gasteiger partial charge in [-0.05, 0) is 36.4 Å². The van der Waals surface area contributed by atoms with E-state index in [2.05, 4.69) is 10.1 Å². The Labute approximate surface area is 168 Å². The molecule has 2 aromatic carbocycles. The maximum absolute atomic E-state index is 12.7. The van der Waals surface area contributed by atoms with Crippen LogP contribution in [0.1, 0.15) is 5.89 Å². The average molecular weight is 419 g/mol. The van der Waals surface area contributed by atoms with Gasteiger partial charge in [0.2, 0.25) is 21.7 Å². The van der Waals surface area contributed by atoms with E-state index in [1.165, 1.54) is 33.4 Å². The Morgan fingerprint density at radius 2 is 1.62 bits per heavy atom. The average Bonchev–Trinajstić information content (AvgIpc) is 3.21. The summed E-state index contributed by atoms with van der Waals surface area (Å²) in [5.41, 5.74) is 0.601. The second-order valence-electron chi connectivity index (χ2n) is 6.01. The van der Waals surface area contributed by atoms with Gasteiger partial charge >= 0.3 is 0 Å². The third-order valence-electron chi connectivity index (χ3n) is 4.24. The van der Waals surface area contributed by atoms with Crippen molar-refractivity contribution in [3.63, 3.8) is 0 Å². The molecular formula is C19H21N3O6S. The summed E-state index contributed by atoms with van der Waals surface area (Å²) in [5.74, 6) is 2.14. The van der Waals surface area contributed by atoms with Gasteiger partial charge in [-0.3, -0.25) is 0 Å². The lowest BCUT2D eigenvalue weighted by Gasteiger charge is -2.15. The van der Waals surface area contributed by atoms with Gasteiger partial charge in [0.1, 0.15) is 17.2 Å². The fraction of sp³-hybridized carbons (Fsp3) is 0.263. The van der Waals surface area contributed by atoms with Crippen molar-refractivity contribution in [2.24, 2.45) is 0 Å². The van der Waals surface area contributed by atoms with Crippen LogP contribution in [0.3, 0.4) is 0 Å². The predicted molar refractivity (Wildman–Crippen MR) is 104 cm³/mol. The lowest BCUT2D eigenvalue weighted by atomic mass is 10.2. The van der Waals surface area contributed by atoms with Gasteiger partial charge in [-0.1, -0.05) is 5.16 Å². The molecule has 0 aliphatic heterocycles. The Bertz CT molecular complexity index is 1080. The minimum Gasteiger partial charge on any atom is -0.497 e. The molecule has 1 heterocycles. The van der Waals surface area contributed by atoms with Gasteiger partial charge in [0.25, 0.3) is 0 Å². The van der Waals surface area contributed by atoms with Crippen LogP contribution in [-0.4, -0.2) is 51.2 Å². The molecule has 0 saturated heterocycles. The van der Waals surface area contributed by atoms with Crippen LogP contribution < -0.4 is 14.2 Å². The van der Waals surface area contributed by atoms with Crippen LogP contribution in [0.4, 0.5) is 0 Å². The Morgan fingerprint density at radius 3 is 2.24 bits per heavy atom. The highest BCUT2D eigenvalue weighted by molar-refractivity contribution is 7.89. The summed E-state index contributed by atoms with van der Waals surface area (Å²) in [6, 6.07) is 11.3. The second-order valence-corrected chi connectivity index (χ2v) is 8.06. The van der Waals surface area contributed by atoms with Gasteiger partial charge in [0, 0.05) is 13.1 Å². The Kier molecular flexibility index (Phi) is 6.04. The summed E-state index contributed by atoms with van der Waals surface area (Å²) in [6.45, 7) is -0.0835. The molecule has 0 unspecified atom stereocenters. The summed E-state index contributed by atoms with van der Waals surface area (Å²) in [6.07, 6.45) is 0. The molecule has 10 heteroatoms. The van der Waals surface area contributed by atoms with Crippen LogP contribution in [0, 0.1) is 0 Å². The summed E-state index contributed by atoms with van der Waals surface area (Å²) in [5, 5.41) is 3.94. The van der Waals surface area contributed by atoms with Crippen LogP contribution >= 0.6 is 0 Å². The van der Waals surface area contributed by atoms with Gasteiger partial charge < -0.3 is 18.7 Å². The minimum absolute atomic E-state index is 0.0835. The van der Waals surface area contributed by atoms with Crippen molar-refractivity contribution in [2.75, 3.05) is 28.4 Å². The largest absolute Gasteiger partial charge is 0.497 e. The fourth-order valence-electron chi connectivity index (χ4n) is 2.61. The maximum atomic E-state index is 12.7. The van der Waals surface area contributed by atoms with Crippen LogP contribution in [-0.2, 0) is 16.6 Å². The summed E-state index contributed by atoms with van der Waals surface area (Å²) < 4.78 is 47.4. The number of aromatic nitrogens is 2. The van der Waals surface area contributed by atoms with Crippen molar-refractivity contribution in [1.82, 2.24) is 14.4 Å². The topological polar surface area (TPSA) is 104 Å². The highest BCUT2D eigenvalue weighted by Crippen LogP contribution is 2.31. The molecule has 0 bridgehead atoms. The van der Waals surface area contributed by atoms with E-state index in [1.807, 2.05) is 0 Å². The van der Waals surface area contributed by atoms with E-state index in [0.29, 0.717) is 22.8 Å². The standard InChI is InChI=1S/C19H21N3O6S/c1-22(29(23,24)15-8-5-13(25-2)6-9-15)12-18-20-19(21-28-18)16-10-7-14(26-3)11-17(16)27-4/h5-11H,12H2,1-4H3. The van der Waals surface area contributed by atoms with Gasteiger partial charge in [-0.15, -0.1) is 0 Å². The number of sulfonamides is 1. The summed E-state index contributed by atoms with van der Waals surface area (Å²) >= 11 is 0. The number of hydrogen-bond acceptors (Lipinski definition) is 8. The van der Waals surface area contributed by atoms with E-state index in [9.17, 15) is 8.42 Å². The van der Waals surface area contributed by atoms with E-state index in [4.69, 9.17) is 18.7 Å². The molecule has 0 fully saturated rings. The first-order valence-electron chi connectivity index (χ1n) is 8.54. The van der Waals surface area contributed by atoms with Gasteiger partial charge in [0.15, 0.2) is 0 Å². The second kappa shape index (κ2) is 8.50. The van der Waals surface area contributed by atoms with E-state index in [0.717, 1.165) is 4.31 Å². The van der Waals surface area contributed by atoms with Crippen molar-refractivity contribution in [2.45, 2.75) is 11.4 Å². The molecule has 0 aliphatic carbocycles. The lowest BCUT2D eigenvalue weighted by Crippen LogP contribution is -2.26. The minimum atomic E-state index is -3.73. The van der Waals surface area contributed by atoms with Gasteiger partial charge in [-0.25, -0.2) is 8.42 Å². The van der Waals surface area contributed by atoms with Gasteiger partial charge in [-0.2, -0.15) is 9.29 Å². The molecule has 0 aliphatic rings. The molecule has 9 nitrogen and oxygen atoms in total. The molecule has 3 rings (SSSR count). The molecule has 0 amide bonds. The van der Waals surface area contributed by atoms with Crippen molar-refractivity contribution in [3.05, 3.63) is 48.4 Å². The molecule has 1 aromatic heterocycles. The van der Waals surface area contributed by atoms with Gasteiger partial charge in [0.05, 0.1) is 38.3 Å². The zero-order valence-electron chi connectivity index (χ0n) is 16.4. The molecule has 154 valence electrons. The highest BCUT2D eigenvalue weighted by atomic mass is 32.2. The van der Waals surface area contributed by atoms with Crippen LogP contribution in [0.15, 0.2) is 51.9 Å². The maximum Gasteiger partial charge on any atom is 0.243 e. The normalized spacial score (nSPS) is 11.5. The Balaban J connectivity index is 1.80. The van der Waals surface area contributed by atoms with E-state index in [1.54, 1.807) is 37.4 Å². The lowest BCUT2D eigenvalue weighted by molar-refractivity contribution is 0.336. The number of nitrogens with zero attached hydrogens (tertiary/aromatic N) is 3. The summed E-state index contributed by atoms with van der Waals surface area (Å²) in [4.78, 5) is 4.43. The smallest absolute Gasteiger partial charge is 0.243 e. The quantitative estimate of drug-likeness (QED) is 0.549. The zero-order chi connectivity index (χ0) is 21.0. The third kappa shape index (κ3) is 4.33. The predicted octanol–water partition coefficient (Wildman–Crippen LogP) is 2.58. The Morgan fingerprint density at radius 1 is 0.966 bits per heavy atom. The van der Waals surface area contributed by atoms with E-state index < -0.39 is 10.0 Å². The number of methoxy groups -OCH3 is 3. The van der Waals surface area contributed by atoms with Crippen molar-refractivity contribution >= 4 is 10.0 Å². The van der Waals surface area contributed by atoms with E-state index >= 15 is 0 Å². The first-order chi connectivity index (χ1) is 13.9. The van der Waals surface area contributed by atoms with Crippen LogP contribution in [0.2, 0.25) is 0 Å². The molecule has 0 spiro atoms. The zero-order valence-corrected chi connectivity index (χ0v) is 17.3. The molecule has 0 radical (unpaired) electrons. The number of ether oxygens (including phenoxy) is 3. The Hall–Kier alpha value is -3.11. The van der Waals surface area contributed by atoms with Crippen molar-refractivity contribution in [3.8, 4) is 28.6 Å². The number of rotatable bonds is 8. The highest BCUT2D eigenvalue weighted by Gasteiger charge is 2.24. The third-order valence-corrected chi connectivity index (χ3v) is 6.06. The SMILES string of the molecule is COc1ccc(S(=O)(=O)N(C)Cc2nc(-c3ccc(OC)cc3OC)no2)cc1. The molecule has 0 saturated carbocycles. The van der Waals surface area contributed by atoms with E-state index in [-0.39, 0.29) is 23.2 Å². The first-order valence-corrected chi connectivity index (χ1v) is 9.98. The number of benzene rings is 2. The van der Waals surface area contributed by atoms with Crippen molar-refractivity contribution in [1.29, 1.82) is 0 Å². The van der Waals surface area contributed by atoms with Crippen LogP contribution in [0.25, 0.3) is 11.4 Å². The monoisotopic (exact) mass is 419 g/mol. The molecular weight excluding hydrogens is 398 g/mol. The molecule has 29 heavy (non-hydrogen) atoms. The summed E-state index contributed by atoms with van der Waals surface area (Å²) in [7, 11) is 2.30. The molecule has 0 atom stereocenters. The molecule has 3 aromatic rings. The number of hydrogen-bond donors (Lipinski definition) is 0. The molecule has 0 N–H and O–H groups in total. The fourth-order valence-corrected chi connectivity index (χ4v) is 3.74. The van der Waals surface area contributed by atoms with Crippen LogP contribution in [0.5, 0.6) is 17.2 Å². The first kappa shape index (κ1) is 20.6.